The van der Waals surface area contributed by atoms with Gasteiger partial charge in [-0.25, -0.2) is 0 Å². The quantitative estimate of drug-likeness (QED) is 0.639. The number of aliphatic hydroxyl groups is 1. The summed E-state index contributed by atoms with van der Waals surface area (Å²) in [7, 11) is 3.08. The number of likely N-dealkylation sites (N-methyl/N-ethyl adjacent to an activating group) is 1. The molecule has 2 atom stereocenters. The van der Waals surface area contributed by atoms with E-state index in [1.807, 2.05) is 0 Å². The van der Waals surface area contributed by atoms with Crippen LogP contribution in [-0.2, 0) is 16.0 Å². The number of aliphatic hydroxyl groups excluding tert-OH is 1. The summed E-state index contributed by atoms with van der Waals surface area (Å²) in [6.45, 7) is 0.348. The number of nitrogens with two attached hydrogens (primary N) is 1. The van der Waals surface area contributed by atoms with Gasteiger partial charge in [-0.1, -0.05) is 12.1 Å². The summed E-state index contributed by atoms with van der Waals surface area (Å²) >= 11 is 0. The lowest BCUT2D eigenvalue weighted by atomic mass is 10.1. The summed E-state index contributed by atoms with van der Waals surface area (Å²) in [5.41, 5.74) is 6.74. The number of nitrogens with zero attached hydrogens (tertiary/aromatic N) is 1. The molecule has 1 rings (SSSR count). The molecule has 0 fully saturated rings. The number of hydrogen-bond donors (Lipinski definition) is 3. The van der Waals surface area contributed by atoms with Gasteiger partial charge in [-0.2, -0.15) is 0 Å². The van der Waals surface area contributed by atoms with E-state index < -0.39 is 12.1 Å². The van der Waals surface area contributed by atoms with Gasteiger partial charge in [0.2, 0.25) is 5.91 Å². The predicted octanol–water partition coefficient (Wildman–Crippen LogP) is -0.272. The van der Waals surface area contributed by atoms with E-state index in [0.717, 1.165) is 5.56 Å². The number of phenols is 1. The molecule has 0 aliphatic rings. The summed E-state index contributed by atoms with van der Waals surface area (Å²) in [5.74, 6) is -0.0679. The molecule has 6 nitrogen and oxygen atoms in total. The van der Waals surface area contributed by atoms with Gasteiger partial charge in [0.15, 0.2) is 0 Å². The first-order valence-corrected chi connectivity index (χ1v) is 6.39. The molecule has 0 heterocycles. The van der Waals surface area contributed by atoms with Gasteiger partial charge in [0, 0.05) is 20.7 Å². The Morgan fingerprint density at radius 2 is 2.00 bits per heavy atom. The topological polar surface area (TPSA) is 96.0 Å². The maximum absolute atomic E-state index is 12.1. The second-order valence-corrected chi connectivity index (χ2v) is 4.80. The number of carbonyl (C=O) groups is 1. The molecule has 20 heavy (non-hydrogen) atoms. The molecule has 1 aromatic carbocycles. The highest BCUT2D eigenvalue weighted by atomic mass is 16.5. The molecule has 1 aromatic rings. The van der Waals surface area contributed by atoms with E-state index in [1.165, 1.54) is 12.0 Å². The first kappa shape index (κ1) is 16.4. The SMILES string of the molecule is COCC(O)CN(C)C(=O)[C@H](N)Cc1ccc(O)cc1. The fraction of sp³-hybridized carbons (Fsp3) is 0.500. The Bertz CT molecular complexity index is 422. The highest BCUT2D eigenvalue weighted by Gasteiger charge is 2.20. The third kappa shape index (κ3) is 5.16. The van der Waals surface area contributed by atoms with Gasteiger partial charge >= 0.3 is 0 Å². The van der Waals surface area contributed by atoms with Crippen LogP contribution >= 0.6 is 0 Å². The normalized spacial score (nSPS) is 13.8. The van der Waals surface area contributed by atoms with Crippen molar-refractivity contribution < 1.29 is 19.7 Å². The van der Waals surface area contributed by atoms with Crippen LogP contribution in [-0.4, -0.2) is 60.5 Å². The van der Waals surface area contributed by atoms with Crippen LogP contribution in [0.2, 0.25) is 0 Å². The molecule has 4 N–H and O–H groups in total. The molecular formula is C14H22N2O4. The maximum atomic E-state index is 12.1. The van der Waals surface area contributed by atoms with Crippen LogP contribution < -0.4 is 5.73 Å². The number of carbonyl (C=O) groups excluding carboxylic acids is 1. The molecule has 0 saturated heterocycles. The molecule has 1 unspecified atom stereocenters. The number of ether oxygens (including phenoxy) is 1. The number of aromatic hydroxyl groups is 1. The van der Waals surface area contributed by atoms with Crippen LogP contribution in [0.5, 0.6) is 5.75 Å². The number of methoxy groups -OCH3 is 1. The van der Waals surface area contributed by atoms with Gasteiger partial charge in [-0.05, 0) is 24.1 Å². The zero-order valence-corrected chi connectivity index (χ0v) is 11.8. The summed E-state index contributed by atoms with van der Waals surface area (Å²) in [5, 5.41) is 18.8. The molecular weight excluding hydrogens is 260 g/mol. The smallest absolute Gasteiger partial charge is 0.239 e. The highest BCUT2D eigenvalue weighted by Crippen LogP contribution is 2.11. The Morgan fingerprint density at radius 3 is 2.55 bits per heavy atom. The molecule has 0 aliphatic carbocycles. The van der Waals surface area contributed by atoms with E-state index in [9.17, 15) is 15.0 Å². The van der Waals surface area contributed by atoms with Crippen molar-refractivity contribution in [3.8, 4) is 5.75 Å². The van der Waals surface area contributed by atoms with Crippen molar-refractivity contribution in [3.05, 3.63) is 29.8 Å². The summed E-state index contributed by atoms with van der Waals surface area (Å²) in [4.78, 5) is 13.5. The zero-order chi connectivity index (χ0) is 15.1. The first-order chi connectivity index (χ1) is 9.43. The molecule has 1 amide bonds. The molecule has 6 heteroatoms. The van der Waals surface area contributed by atoms with Crippen LogP contribution in [0.25, 0.3) is 0 Å². The fourth-order valence-electron chi connectivity index (χ4n) is 1.91. The number of amides is 1. The molecule has 0 aliphatic heterocycles. The Hall–Kier alpha value is -1.63. The first-order valence-electron chi connectivity index (χ1n) is 6.39. The molecule has 0 radical (unpaired) electrons. The Kier molecular flexibility index (Phi) is 6.44. The van der Waals surface area contributed by atoms with Gasteiger partial charge in [-0.15, -0.1) is 0 Å². The van der Waals surface area contributed by atoms with Crippen LogP contribution in [0.4, 0.5) is 0 Å². The number of rotatable bonds is 7. The monoisotopic (exact) mass is 282 g/mol. The van der Waals surface area contributed by atoms with Crippen molar-refractivity contribution in [1.82, 2.24) is 4.90 Å². The summed E-state index contributed by atoms with van der Waals surface area (Å²) < 4.78 is 4.81. The Labute approximate surface area is 118 Å². The lowest BCUT2D eigenvalue weighted by Gasteiger charge is -2.23. The lowest BCUT2D eigenvalue weighted by Crippen LogP contribution is -2.46. The molecule has 0 spiro atoms. The van der Waals surface area contributed by atoms with Crippen molar-refractivity contribution in [1.29, 1.82) is 0 Å². The second kappa shape index (κ2) is 7.84. The number of hydrogen-bond acceptors (Lipinski definition) is 5. The minimum Gasteiger partial charge on any atom is -0.508 e. The third-order valence-corrected chi connectivity index (χ3v) is 2.93. The van der Waals surface area contributed by atoms with Gasteiger partial charge in [0.1, 0.15) is 5.75 Å². The maximum Gasteiger partial charge on any atom is 0.239 e. The van der Waals surface area contributed by atoms with Gasteiger partial charge in [-0.3, -0.25) is 4.79 Å². The minimum atomic E-state index is -0.727. The van der Waals surface area contributed by atoms with E-state index in [0.29, 0.717) is 6.42 Å². The van der Waals surface area contributed by atoms with E-state index in [1.54, 1.807) is 31.3 Å². The van der Waals surface area contributed by atoms with Crippen LogP contribution in [0.15, 0.2) is 24.3 Å². The number of phenolic OH excluding ortho intramolecular Hbond substituents is 1. The molecule has 0 bridgehead atoms. The van der Waals surface area contributed by atoms with E-state index >= 15 is 0 Å². The lowest BCUT2D eigenvalue weighted by molar-refractivity contribution is -0.132. The molecule has 112 valence electrons. The van der Waals surface area contributed by atoms with Crippen LogP contribution in [0, 0.1) is 0 Å². The van der Waals surface area contributed by atoms with Crippen molar-refractivity contribution in [2.24, 2.45) is 5.73 Å². The minimum absolute atomic E-state index is 0.171. The van der Waals surface area contributed by atoms with Gasteiger partial charge < -0.3 is 25.6 Å². The van der Waals surface area contributed by atoms with Crippen molar-refractivity contribution in [2.45, 2.75) is 18.6 Å². The predicted molar refractivity (Wildman–Crippen MR) is 75.3 cm³/mol. The third-order valence-electron chi connectivity index (χ3n) is 2.93. The standard InChI is InChI=1S/C14H22N2O4/c1-16(8-12(18)9-20-2)14(19)13(15)7-10-3-5-11(17)6-4-10/h3-6,12-13,17-18H,7-9,15H2,1-2H3/t12?,13-/m1/s1. The molecule has 0 aromatic heterocycles. The fourth-order valence-corrected chi connectivity index (χ4v) is 1.91. The van der Waals surface area contributed by atoms with E-state index in [-0.39, 0.29) is 24.8 Å². The Balaban J connectivity index is 2.51. The largest absolute Gasteiger partial charge is 0.508 e. The van der Waals surface area contributed by atoms with Crippen molar-refractivity contribution in [2.75, 3.05) is 27.3 Å². The second-order valence-electron chi connectivity index (χ2n) is 4.80. The number of benzene rings is 1. The average Bonchev–Trinajstić information content (AvgIpc) is 2.40. The summed E-state index contributed by atoms with van der Waals surface area (Å²) in [6.07, 6.45) is -0.348. The van der Waals surface area contributed by atoms with E-state index in [2.05, 4.69) is 0 Å². The summed E-state index contributed by atoms with van der Waals surface area (Å²) in [6, 6.07) is 5.88. The van der Waals surface area contributed by atoms with Gasteiger partial charge in [0.05, 0.1) is 18.8 Å². The van der Waals surface area contributed by atoms with Gasteiger partial charge in [0.25, 0.3) is 0 Å². The van der Waals surface area contributed by atoms with Crippen molar-refractivity contribution in [3.63, 3.8) is 0 Å². The van der Waals surface area contributed by atoms with Crippen LogP contribution in [0.3, 0.4) is 0 Å². The van der Waals surface area contributed by atoms with Crippen LogP contribution in [0.1, 0.15) is 5.56 Å². The molecule has 0 saturated carbocycles. The highest BCUT2D eigenvalue weighted by molar-refractivity contribution is 5.81. The Morgan fingerprint density at radius 1 is 1.40 bits per heavy atom. The van der Waals surface area contributed by atoms with E-state index in [4.69, 9.17) is 10.5 Å². The zero-order valence-electron chi connectivity index (χ0n) is 11.8. The van der Waals surface area contributed by atoms with Crippen molar-refractivity contribution >= 4 is 5.91 Å². The average molecular weight is 282 g/mol.